The number of Topliss-reactive ketones (excluding diaryl/α,β-unsaturated/α-hetero) is 1. The number of terminal acetylenes is 1. The fraction of sp³-hybridized carbons (Fsp3) is 0.692. The first-order valence-electron chi connectivity index (χ1n) is 6.02. The van der Waals surface area contributed by atoms with Crippen molar-refractivity contribution in [1.82, 2.24) is 5.32 Å². The first kappa shape index (κ1) is 16.6. The van der Waals surface area contributed by atoms with E-state index in [1.54, 1.807) is 7.05 Å². The molecule has 102 valence electrons. The first-order chi connectivity index (χ1) is 8.70. The van der Waals surface area contributed by atoms with Crippen molar-refractivity contribution in [3.63, 3.8) is 0 Å². The van der Waals surface area contributed by atoms with Gasteiger partial charge in [0.15, 0.2) is 0 Å². The third-order valence-electron chi connectivity index (χ3n) is 2.18. The molecule has 0 aliphatic carbocycles. The number of carbonyl (C=O) groups excluding carboxylic acids is 2. The fourth-order valence-electron chi connectivity index (χ4n) is 1.16. The highest BCUT2D eigenvalue weighted by Crippen LogP contribution is 1.98. The van der Waals surface area contributed by atoms with Gasteiger partial charge in [-0.1, -0.05) is 0 Å². The summed E-state index contributed by atoms with van der Waals surface area (Å²) in [7, 11) is 1.55. The molecule has 0 atom stereocenters. The van der Waals surface area contributed by atoms with Crippen molar-refractivity contribution in [3.05, 3.63) is 0 Å². The zero-order valence-electron chi connectivity index (χ0n) is 10.9. The molecule has 0 aromatic rings. The van der Waals surface area contributed by atoms with E-state index in [2.05, 4.69) is 11.2 Å². The molecule has 0 aliphatic heterocycles. The van der Waals surface area contributed by atoms with Crippen LogP contribution in [0.3, 0.4) is 0 Å². The van der Waals surface area contributed by atoms with Gasteiger partial charge in [-0.25, -0.2) is 0 Å². The van der Waals surface area contributed by atoms with Crippen molar-refractivity contribution in [3.8, 4) is 12.3 Å². The lowest BCUT2D eigenvalue weighted by molar-refractivity contribution is -0.125. The predicted octanol–water partition coefficient (Wildman–Crippen LogP) is 0.528. The molecular weight excluding hydrogens is 234 g/mol. The van der Waals surface area contributed by atoms with Gasteiger partial charge in [-0.15, -0.1) is 12.3 Å². The SMILES string of the molecule is C#CCCC(=O)CCCOCCOCC(=O)NC. The van der Waals surface area contributed by atoms with E-state index in [1.165, 1.54) is 0 Å². The van der Waals surface area contributed by atoms with Gasteiger partial charge in [0.25, 0.3) is 0 Å². The normalized spacial score (nSPS) is 9.78. The molecule has 0 saturated carbocycles. The van der Waals surface area contributed by atoms with Crippen LogP contribution in [-0.2, 0) is 19.1 Å². The topological polar surface area (TPSA) is 64.6 Å². The number of likely N-dealkylation sites (N-methyl/N-ethyl adjacent to an activating group) is 1. The van der Waals surface area contributed by atoms with Gasteiger partial charge < -0.3 is 14.8 Å². The molecule has 0 aromatic carbocycles. The minimum atomic E-state index is -0.158. The van der Waals surface area contributed by atoms with Crippen molar-refractivity contribution in [2.24, 2.45) is 0 Å². The maximum atomic E-state index is 11.2. The molecule has 0 unspecified atom stereocenters. The van der Waals surface area contributed by atoms with Crippen LogP contribution in [0.1, 0.15) is 25.7 Å². The number of ether oxygens (including phenoxy) is 2. The van der Waals surface area contributed by atoms with Gasteiger partial charge in [-0.2, -0.15) is 0 Å². The van der Waals surface area contributed by atoms with Gasteiger partial charge in [0.05, 0.1) is 13.2 Å². The fourth-order valence-corrected chi connectivity index (χ4v) is 1.16. The molecule has 0 fully saturated rings. The molecule has 0 aromatic heterocycles. The van der Waals surface area contributed by atoms with Gasteiger partial charge in [-0.05, 0) is 6.42 Å². The van der Waals surface area contributed by atoms with Crippen molar-refractivity contribution in [2.75, 3.05) is 33.5 Å². The summed E-state index contributed by atoms with van der Waals surface area (Å²) in [6.07, 6.45) is 7.21. The quantitative estimate of drug-likeness (QED) is 0.432. The summed E-state index contributed by atoms with van der Waals surface area (Å²) in [5, 5.41) is 2.45. The molecule has 0 bridgehead atoms. The Hall–Kier alpha value is -1.38. The lowest BCUT2D eigenvalue weighted by atomic mass is 10.1. The highest BCUT2D eigenvalue weighted by molar-refractivity contribution is 5.78. The number of hydrogen-bond donors (Lipinski definition) is 1. The molecule has 0 heterocycles. The summed E-state index contributed by atoms with van der Waals surface area (Å²) in [5.41, 5.74) is 0. The van der Waals surface area contributed by atoms with Crippen LogP contribution in [0.4, 0.5) is 0 Å². The highest BCUT2D eigenvalue weighted by Gasteiger charge is 2.00. The van der Waals surface area contributed by atoms with E-state index in [-0.39, 0.29) is 18.3 Å². The Morgan fingerprint density at radius 2 is 1.89 bits per heavy atom. The van der Waals surface area contributed by atoms with Crippen LogP contribution in [0.25, 0.3) is 0 Å². The van der Waals surface area contributed by atoms with E-state index < -0.39 is 0 Å². The van der Waals surface area contributed by atoms with Crippen molar-refractivity contribution >= 4 is 11.7 Å². The largest absolute Gasteiger partial charge is 0.379 e. The molecule has 5 nitrogen and oxygen atoms in total. The second kappa shape index (κ2) is 12.1. The Balaban J connectivity index is 3.19. The third-order valence-corrected chi connectivity index (χ3v) is 2.18. The second-order valence-electron chi connectivity index (χ2n) is 3.68. The highest BCUT2D eigenvalue weighted by atomic mass is 16.5. The van der Waals surface area contributed by atoms with E-state index in [1.807, 2.05) is 0 Å². The van der Waals surface area contributed by atoms with Gasteiger partial charge in [0.2, 0.25) is 5.91 Å². The summed E-state index contributed by atoms with van der Waals surface area (Å²) in [4.78, 5) is 22.0. The molecule has 18 heavy (non-hydrogen) atoms. The van der Waals surface area contributed by atoms with E-state index in [0.717, 1.165) is 0 Å². The molecule has 0 radical (unpaired) electrons. The van der Waals surface area contributed by atoms with Crippen molar-refractivity contribution in [2.45, 2.75) is 25.7 Å². The van der Waals surface area contributed by atoms with Crippen molar-refractivity contribution < 1.29 is 19.1 Å². The minimum Gasteiger partial charge on any atom is -0.379 e. The predicted molar refractivity (Wildman–Crippen MR) is 68.0 cm³/mol. The van der Waals surface area contributed by atoms with Crippen molar-refractivity contribution in [1.29, 1.82) is 0 Å². The average molecular weight is 255 g/mol. The molecule has 0 saturated heterocycles. The molecule has 0 rings (SSSR count). The number of nitrogens with one attached hydrogen (secondary N) is 1. The summed E-state index contributed by atoms with van der Waals surface area (Å²) < 4.78 is 10.3. The van der Waals surface area contributed by atoms with Crippen LogP contribution >= 0.6 is 0 Å². The Kier molecular flexibility index (Phi) is 11.2. The summed E-state index contributed by atoms with van der Waals surface area (Å²) >= 11 is 0. The number of rotatable bonds is 11. The van der Waals surface area contributed by atoms with Crippen LogP contribution in [0.2, 0.25) is 0 Å². The zero-order valence-corrected chi connectivity index (χ0v) is 10.9. The van der Waals surface area contributed by atoms with Gasteiger partial charge in [0, 0.05) is 32.9 Å². The number of carbonyl (C=O) groups is 2. The maximum absolute atomic E-state index is 11.2. The molecule has 1 N–H and O–H groups in total. The van der Waals surface area contributed by atoms with Gasteiger partial charge in [-0.3, -0.25) is 9.59 Å². The standard InChI is InChI=1S/C13H21NO4/c1-3-4-6-12(15)7-5-8-17-9-10-18-11-13(16)14-2/h1H,4-11H2,2H3,(H,14,16). The van der Waals surface area contributed by atoms with Crippen LogP contribution in [0.15, 0.2) is 0 Å². The Morgan fingerprint density at radius 1 is 1.17 bits per heavy atom. The van der Waals surface area contributed by atoms with Gasteiger partial charge >= 0.3 is 0 Å². The summed E-state index contributed by atoms with van der Waals surface area (Å²) in [6.45, 7) is 1.36. The molecule has 5 heteroatoms. The Bertz CT molecular complexity index is 283. The maximum Gasteiger partial charge on any atom is 0.245 e. The third kappa shape index (κ3) is 11.1. The number of amides is 1. The number of hydrogen-bond acceptors (Lipinski definition) is 4. The van der Waals surface area contributed by atoms with Crippen LogP contribution in [0.5, 0.6) is 0 Å². The van der Waals surface area contributed by atoms with Crippen LogP contribution < -0.4 is 5.32 Å². The van der Waals surface area contributed by atoms with Gasteiger partial charge in [0.1, 0.15) is 12.4 Å². The lowest BCUT2D eigenvalue weighted by Gasteiger charge is -2.05. The molecular formula is C13H21NO4. The molecule has 0 spiro atoms. The minimum absolute atomic E-state index is 0.0461. The molecule has 1 amide bonds. The monoisotopic (exact) mass is 255 g/mol. The average Bonchev–Trinajstić information content (AvgIpc) is 2.38. The van der Waals surface area contributed by atoms with E-state index in [4.69, 9.17) is 15.9 Å². The van der Waals surface area contributed by atoms with E-state index in [9.17, 15) is 9.59 Å². The first-order valence-corrected chi connectivity index (χ1v) is 6.02. The Labute approximate surface area is 108 Å². The number of ketones is 1. The summed E-state index contributed by atoms with van der Waals surface area (Å²) in [6, 6.07) is 0. The smallest absolute Gasteiger partial charge is 0.245 e. The lowest BCUT2D eigenvalue weighted by Crippen LogP contribution is -2.24. The Morgan fingerprint density at radius 3 is 2.56 bits per heavy atom. The van der Waals surface area contributed by atoms with Crippen LogP contribution in [0, 0.1) is 12.3 Å². The van der Waals surface area contributed by atoms with Crippen LogP contribution in [-0.4, -0.2) is 45.2 Å². The van der Waals surface area contributed by atoms with E-state index in [0.29, 0.717) is 45.5 Å². The molecule has 0 aliphatic rings. The van der Waals surface area contributed by atoms with E-state index >= 15 is 0 Å². The summed E-state index contributed by atoms with van der Waals surface area (Å²) in [5.74, 6) is 2.45. The second-order valence-corrected chi connectivity index (χ2v) is 3.68. The zero-order chi connectivity index (χ0) is 13.6.